The van der Waals surface area contributed by atoms with Crippen LogP contribution in [0.2, 0.25) is 0 Å². The third-order valence-electron chi connectivity index (χ3n) is 4.75. The molecule has 0 radical (unpaired) electrons. The molecule has 0 atom stereocenters. The van der Waals surface area contributed by atoms with Crippen LogP contribution in [0.1, 0.15) is 15.9 Å². The number of pyridine rings is 1. The number of nitrogens with zero attached hydrogens (tertiary/aromatic N) is 3. The summed E-state index contributed by atoms with van der Waals surface area (Å²) in [7, 11) is 0. The van der Waals surface area contributed by atoms with Crippen LogP contribution in [0.25, 0.3) is 28.3 Å². The molecule has 5 rings (SSSR count). The van der Waals surface area contributed by atoms with E-state index in [4.69, 9.17) is 0 Å². The predicted molar refractivity (Wildman–Crippen MR) is 108 cm³/mol. The molecule has 5 nitrogen and oxygen atoms in total. The lowest BCUT2D eigenvalue weighted by molar-refractivity contribution is 0.104. The van der Waals surface area contributed by atoms with Gasteiger partial charge in [-0.1, -0.05) is 60.7 Å². The normalized spacial score (nSPS) is 11.0. The Labute approximate surface area is 161 Å². The number of hydrogen-bond acceptors (Lipinski definition) is 3. The van der Waals surface area contributed by atoms with Gasteiger partial charge in [0, 0.05) is 35.9 Å². The Morgan fingerprint density at radius 1 is 0.893 bits per heavy atom. The number of imidazole rings is 2. The molecule has 5 aromatic rings. The van der Waals surface area contributed by atoms with E-state index in [2.05, 4.69) is 15.0 Å². The third-order valence-corrected chi connectivity index (χ3v) is 4.75. The second-order valence-corrected chi connectivity index (χ2v) is 6.44. The van der Waals surface area contributed by atoms with Gasteiger partial charge in [-0.05, 0) is 11.6 Å². The summed E-state index contributed by atoms with van der Waals surface area (Å²) in [5, 5.41) is 0. The van der Waals surface area contributed by atoms with Gasteiger partial charge in [-0.15, -0.1) is 0 Å². The van der Waals surface area contributed by atoms with Crippen LogP contribution in [0.15, 0.2) is 91.5 Å². The molecule has 0 fully saturated rings. The SMILES string of the molecule is O=C(c1ccccc1)c1cc(-c2ncc[nH]2)c(-c2ccccc2)n2ccnc12. The van der Waals surface area contributed by atoms with Gasteiger partial charge >= 0.3 is 0 Å². The number of aromatic nitrogens is 4. The van der Waals surface area contributed by atoms with Gasteiger partial charge in [0.15, 0.2) is 5.78 Å². The van der Waals surface area contributed by atoms with E-state index in [-0.39, 0.29) is 5.78 Å². The smallest absolute Gasteiger partial charge is 0.196 e. The molecule has 3 heterocycles. The van der Waals surface area contributed by atoms with E-state index in [0.717, 1.165) is 16.8 Å². The Morgan fingerprint density at radius 2 is 1.64 bits per heavy atom. The summed E-state index contributed by atoms with van der Waals surface area (Å²) < 4.78 is 1.96. The molecule has 3 aromatic heterocycles. The fourth-order valence-electron chi connectivity index (χ4n) is 3.49. The van der Waals surface area contributed by atoms with Crippen molar-refractivity contribution in [2.45, 2.75) is 0 Å². The number of carbonyl (C=O) groups is 1. The van der Waals surface area contributed by atoms with Crippen LogP contribution in [0, 0.1) is 0 Å². The van der Waals surface area contributed by atoms with Crippen LogP contribution in [-0.2, 0) is 0 Å². The fourth-order valence-corrected chi connectivity index (χ4v) is 3.49. The summed E-state index contributed by atoms with van der Waals surface area (Å²) >= 11 is 0. The standard InChI is InChI=1S/C23H16N4O/c28-21(17-9-5-2-6-10-17)19-15-18(22-24-11-12-25-22)20(16-7-3-1-4-8-16)27-14-13-26-23(19)27/h1-15H,(H,24,25). The van der Waals surface area contributed by atoms with Gasteiger partial charge < -0.3 is 4.98 Å². The number of nitrogens with one attached hydrogen (secondary N) is 1. The zero-order chi connectivity index (χ0) is 18.9. The second kappa shape index (κ2) is 6.63. The van der Waals surface area contributed by atoms with E-state index in [0.29, 0.717) is 22.6 Å². The lowest BCUT2D eigenvalue weighted by Gasteiger charge is -2.14. The third kappa shape index (κ3) is 2.61. The molecule has 0 aliphatic rings. The van der Waals surface area contributed by atoms with Gasteiger partial charge in [-0.3, -0.25) is 9.20 Å². The van der Waals surface area contributed by atoms with Crippen LogP contribution in [0.5, 0.6) is 0 Å². The highest BCUT2D eigenvalue weighted by molar-refractivity contribution is 6.13. The Balaban J connectivity index is 1.83. The molecule has 0 aliphatic carbocycles. The highest BCUT2D eigenvalue weighted by Gasteiger charge is 2.21. The Kier molecular flexibility index (Phi) is 3.84. The minimum atomic E-state index is -0.0655. The first kappa shape index (κ1) is 16.2. The molecular formula is C23H16N4O. The van der Waals surface area contributed by atoms with Crippen LogP contribution in [0.4, 0.5) is 0 Å². The Hall–Kier alpha value is -3.99. The Bertz CT molecular complexity index is 1260. The first-order valence-corrected chi connectivity index (χ1v) is 8.98. The summed E-state index contributed by atoms with van der Waals surface area (Å²) in [6, 6.07) is 21.2. The van der Waals surface area contributed by atoms with Crippen molar-refractivity contribution in [3.63, 3.8) is 0 Å². The van der Waals surface area contributed by atoms with Gasteiger partial charge in [0.1, 0.15) is 11.5 Å². The van der Waals surface area contributed by atoms with Crippen molar-refractivity contribution in [1.29, 1.82) is 0 Å². The van der Waals surface area contributed by atoms with Crippen molar-refractivity contribution in [3.8, 4) is 22.6 Å². The maximum Gasteiger partial charge on any atom is 0.196 e. The van der Waals surface area contributed by atoms with Crippen LogP contribution < -0.4 is 0 Å². The van der Waals surface area contributed by atoms with E-state index in [9.17, 15) is 4.79 Å². The van der Waals surface area contributed by atoms with E-state index < -0.39 is 0 Å². The highest BCUT2D eigenvalue weighted by Crippen LogP contribution is 2.33. The van der Waals surface area contributed by atoms with Crippen molar-refractivity contribution in [2.75, 3.05) is 0 Å². The first-order valence-electron chi connectivity index (χ1n) is 8.98. The number of rotatable bonds is 4. The van der Waals surface area contributed by atoms with E-state index in [1.165, 1.54) is 0 Å². The molecule has 5 heteroatoms. The quantitative estimate of drug-likeness (QED) is 0.473. The van der Waals surface area contributed by atoms with Crippen molar-refractivity contribution >= 4 is 11.4 Å². The fraction of sp³-hybridized carbons (Fsp3) is 0. The summed E-state index contributed by atoms with van der Waals surface area (Å²) in [5.74, 6) is 0.640. The van der Waals surface area contributed by atoms with E-state index in [1.54, 1.807) is 18.6 Å². The van der Waals surface area contributed by atoms with Crippen LogP contribution in [0.3, 0.4) is 0 Å². The van der Waals surface area contributed by atoms with Crippen molar-refractivity contribution < 1.29 is 4.79 Å². The van der Waals surface area contributed by atoms with Gasteiger partial charge in [0.05, 0.1) is 11.3 Å². The summed E-state index contributed by atoms with van der Waals surface area (Å²) in [6.07, 6.45) is 7.09. The highest BCUT2D eigenvalue weighted by atomic mass is 16.1. The van der Waals surface area contributed by atoms with Gasteiger partial charge in [0.2, 0.25) is 0 Å². The minimum absolute atomic E-state index is 0.0655. The number of hydrogen-bond donors (Lipinski definition) is 1. The number of benzene rings is 2. The maximum atomic E-state index is 13.2. The molecule has 0 unspecified atom stereocenters. The monoisotopic (exact) mass is 364 g/mol. The van der Waals surface area contributed by atoms with Crippen molar-refractivity contribution in [1.82, 2.24) is 19.4 Å². The summed E-state index contributed by atoms with van der Waals surface area (Å²) in [5.41, 5.74) is 4.61. The molecule has 2 aromatic carbocycles. The van der Waals surface area contributed by atoms with Gasteiger partial charge in [0.25, 0.3) is 0 Å². The largest absolute Gasteiger partial charge is 0.345 e. The number of aromatic amines is 1. The molecule has 28 heavy (non-hydrogen) atoms. The molecule has 0 spiro atoms. The average Bonchev–Trinajstić information content (AvgIpc) is 3.45. The number of H-pyrrole nitrogens is 1. The molecule has 1 N–H and O–H groups in total. The molecule has 0 bridgehead atoms. The lowest BCUT2D eigenvalue weighted by Crippen LogP contribution is -2.07. The molecule has 0 saturated heterocycles. The zero-order valence-electron chi connectivity index (χ0n) is 14.9. The average molecular weight is 364 g/mol. The van der Waals surface area contributed by atoms with Crippen LogP contribution in [-0.4, -0.2) is 25.1 Å². The summed E-state index contributed by atoms with van der Waals surface area (Å²) in [4.78, 5) is 25.3. The van der Waals surface area contributed by atoms with Gasteiger partial charge in [-0.25, -0.2) is 9.97 Å². The molecule has 0 saturated carbocycles. The summed E-state index contributed by atoms with van der Waals surface area (Å²) in [6.45, 7) is 0. The van der Waals surface area contributed by atoms with Crippen molar-refractivity contribution in [3.05, 3.63) is 103 Å². The lowest BCUT2D eigenvalue weighted by atomic mass is 9.98. The number of ketones is 1. The van der Waals surface area contributed by atoms with Crippen LogP contribution >= 0.6 is 0 Å². The second-order valence-electron chi connectivity index (χ2n) is 6.44. The minimum Gasteiger partial charge on any atom is -0.345 e. The van der Waals surface area contributed by atoms with E-state index in [1.807, 2.05) is 77.3 Å². The topological polar surface area (TPSA) is 63.0 Å². The van der Waals surface area contributed by atoms with Gasteiger partial charge in [-0.2, -0.15) is 0 Å². The maximum absolute atomic E-state index is 13.2. The number of carbonyl (C=O) groups excluding carboxylic acids is 1. The van der Waals surface area contributed by atoms with E-state index >= 15 is 0 Å². The molecule has 134 valence electrons. The van der Waals surface area contributed by atoms with Crippen molar-refractivity contribution in [2.24, 2.45) is 0 Å². The first-order chi connectivity index (χ1) is 13.8. The predicted octanol–water partition coefficient (Wildman–Crippen LogP) is 4.62. The zero-order valence-corrected chi connectivity index (χ0v) is 14.9. The molecule has 0 aliphatic heterocycles. The Morgan fingerprint density at radius 3 is 2.36 bits per heavy atom. The molecular weight excluding hydrogens is 348 g/mol. The molecule has 0 amide bonds. The number of fused-ring (bicyclic) bond motifs is 1.